The fraction of sp³-hybridized carbons (Fsp3) is 0.176. The molecule has 0 aliphatic rings. The molecule has 0 fully saturated rings. The Balaban J connectivity index is 1.93. The molecule has 0 saturated heterocycles. The Morgan fingerprint density at radius 2 is 1.86 bits per heavy atom. The van der Waals surface area contributed by atoms with Crippen LogP contribution in [0.15, 0.2) is 42.5 Å². The Hall–Kier alpha value is -1.94. The molecule has 3 rings (SSSR count). The van der Waals surface area contributed by atoms with Crippen molar-refractivity contribution in [1.82, 2.24) is 0 Å². The topological polar surface area (TPSA) is 12.0 Å². The van der Waals surface area contributed by atoms with E-state index in [2.05, 4.69) is 24.4 Å². The number of hydrogen-bond donors (Lipinski definition) is 1. The molecule has 1 unspecified atom stereocenters. The number of aryl methyl sites for hydroxylation is 1. The molecule has 1 atom stereocenters. The smallest absolute Gasteiger partial charge is 0.149 e. The zero-order valence-corrected chi connectivity index (χ0v) is 12.6. The number of rotatable bonds is 3. The highest BCUT2D eigenvalue weighted by Crippen LogP contribution is 2.36. The Bertz CT molecular complexity index is 795. The van der Waals surface area contributed by atoms with Crippen molar-refractivity contribution in [3.8, 4) is 0 Å². The molecule has 3 aromatic rings. The van der Waals surface area contributed by atoms with Gasteiger partial charge in [0.2, 0.25) is 0 Å². The summed E-state index contributed by atoms with van der Waals surface area (Å²) in [7, 11) is 0. The van der Waals surface area contributed by atoms with E-state index in [1.807, 2.05) is 19.1 Å². The second kappa shape index (κ2) is 5.45. The molecular weight excluding hydrogens is 288 g/mol. The average Bonchev–Trinajstić information content (AvgIpc) is 2.80. The fourth-order valence-electron chi connectivity index (χ4n) is 2.51. The summed E-state index contributed by atoms with van der Waals surface area (Å²) < 4.78 is 27.9. The van der Waals surface area contributed by atoms with Gasteiger partial charge in [0.1, 0.15) is 11.6 Å². The van der Waals surface area contributed by atoms with Crippen LogP contribution in [0.3, 0.4) is 0 Å². The van der Waals surface area contributed by atoms with Gasteiger partial charge in [-0.15, -0.1) is 11.3 Å². The van der Waals surface area contributed by atoms with E-state index in [4.69, 9.17) is 0 Å². The maximum Gasteiger partial charge on any atom is 0.149 e. The van der Waals surface area contributed by atoms with E-state index in [-0.39, 0.29) is 6.04 Å². The lowest BCUT2D eigenvalue weighted by atomic mass is 10.1. The highest BCUT2D eigenvalue weighted by atomic mass is 32.1. The number of hydrogen-bond acceptors (Lipinski definition) is 2. The van der Waals surface area contributed by atoms with Crippen LogP contribution in [0.1, 0.15) is 23.4 Å². The molecule has 0 aliphatic carbocycles. The van der Waals surface area contributed by atoms with Gasteiger partial charge >= 0.3 is 0 Å². The molecule has 2 aromatic carbocycles. The normalized spacial score (nSPS) is 12.6. The van der Waals surface area contributed by atoms with Crippen molar-refractivity contribution in [3.63, 3.8) is 0 Å². The number of fused-ring (bicyclic) bond motifs is 1. The van der Waals surface area contributed by atoms with Gasteiger partial charge in [0.25, 0.3) is 0 Å². The van der Waals surface area contributed by atoms with Crippen LogP contribution in [0.25, 0.3) is 10.1 Å². The first kappa shape index (κ1) is 14.0. The molecule has 4 heteroatoms. The van der Waals surface area contributed by atoms with E-state index < -0.39 is 11.6 Å². The van der Waals surface area contributed by atoms with Crippen molar-refractivity contribution in [2.45, 2.75) is 19.9 Å². The van der Waals surface area contributed by atoms with Gasteiger partial charge in [-0.05, 0) is 43.0 Å². The molecule has 0 radical (unpaired) electrons. The van der Waals surface area contributed by atoms with Crippen LogP contribution < -0.4 is 5.32 Å². The third kappa shape index (κ3) is 2.63. The van der Waals surface area contributed by atoms with E-state index in [1.54, 1.807) is 11.3 Å². The predicted octanol–water partition coefficient (Wildman–Crippen LogP) is 5.66. The average molecular weight is 303 g/mol. The quantitative estimate of drug-likeness (QED) is 0.658. The summed E-state index contributed by atoms with van der Waals surface area (Å²) >= 11 is 1.70. The number of benzene rings is 2. The number of thiophene rings is 1. The van der Waals surface area contributed by atoms with Gasteiger partial charge in [-0.1, -0.05) is 18.2 Å². The van der Waals surface area contributed by atoms with Crippen molar-refractivity contribution < 1.29 is 8.78 Å². The fourth-order valence-corrected chi connectivity index (χ4v) is 3.73. The van der Waals surface area contributed by atoms with Crippen molar-refractivity contribution in [3.05, 3.63) is 64.5 Å². The standard InChI is InChI=1S/C17H15F2NS/c1-10-13-5-3-4-6-16(13)21-17(10)11(2)20-15-8-7-12(18)9-14(15)19/h3-9,11,20H,1-2H3. The number of nitrogens with one attached hydrogen (secondary N) is 1. The summed E-state index contributed by atoms with van der Waals surface area (Å²) in [6, 6.07) is 11.8. The van der Waals surface area contributed by atoms with Gasteiger partial charge in [0.05, 0.1) is 11.7 Å². The molecule has 0 amide bonds. The monoisotopic (exact) mass is 303 g/mol. The van der Waals surface area contributed by atoms with Crippen molar-refractivity contribution >= 4 is 27.1 Å². The number of halogens is 2. The van der Waals surface area contributed by atoms with Gasteiger partial charge < -0.3 is 5.32 Å². The summed E-state index contributed by atoms with van der Waals surface area (Å²) in [5.41, 5.74) is 1.53. The minimum Gasteiger partial charge on any atom is -0.375 e. The Morgan fingerprint density at radius 1 is 1.10 bits per heavy atom. The van der Waals surface area contributed by atoms with Gasteiger partial charge in [-0.2, -0.15) is 0 Å². The molecule has 21 heavy (non-hydrogen) atoms. The van der Waals surface area contributed by atoms with Crippen molar-refractivity contribution in [2.24, 2.45) is 0 Å². The van der Waals surface area contributed by atoms with Crippen LogP contribution in [0.2, 0.25) is 0 Å². The lowest BCUT2D eigenvalue weighted by molar-refractivity contribution is 0.584. The van der Waals surface area contributed by atoms with E-state index in [0.717, 1.165) is 6.07 Å². The van der Waals surface area contributed by atoms with Gasteiger partial charge in [-0.25, -0.2) is 8.78 Å². The largest absolute Gasteiger partial charge is 0.375 e. The van der Waals surface area contributed by atoms with Crippen molar-refractivity contribution in [1.29, 1.82) is 0 Å². The SMILES string of the molecule is Cc1c(C(C)Nc2ccc(F)cc2F)sc2ccccc12. The maximum atomic E-state index is 13.7. The minimum atomic E-state index is -0.569. The summed E-state index contributed by atoms with van der Waals surface area (Å²) in [4.78, 5) is 1.17. The molecule has 108 valence electrons. The first-order valence-corrected chi connectivity index (χ1v) is 7.57. The third-order valence-electron chi connectivity index (χ3n) is 3.58. The highest BCUT2D eigenvalue weighted by Gasteiger charge is 2.15. The molecule has 1 N–H and O–H groups in total. The van der Waals surface area contributed by atoms with Crippen LogP contribution in [0.4, 0.5) is 14.5 Å². The molecule has 1 aromatic heterocycles. The lowest BCUT2D eigenvalue weighted by Crippen LogP contribution is -2.07. The summed E-state index contributed by atoms with van der Waals surface area (Å²) in [6.45, 7) is 4.06. The molecule has 0 aliphatic heterocycles. The Kier molecular flexibility index (Phi) is 3.64. The predicted molar refractivity (Wildman–Crippen MR) is 85.0 cm³/mol. The van der Waals surface area contributed by atoms with E-state index in [9.17, 15) is 8.78 Å². The first-order valence-electron chi connectivity index (χ1n) is 6.76. The van der Waals surface area contributed by atoms with Crippen LogP contribution in [0.5, 0.6) is 0 Å². The van der Waals surface area contributed by atoms with E-state index >= 15 is 0 Å². The molecular formula is C17H15F2NS. The van der Waals surface area contributed by atoms with Crippen LogP contribution in [-0.4, -0.2) is 0 Å². The Morgan fingerprint density at radius 3 is 2.57 bits per heavy atom. The molecule has 1 heterocycles. The number of anilines is 1. The van der Waals surface area contributed by atoms with Crippen LogP contribution in [0, 0.1) is 18.6 Å². The molecule has 0 saturated carbocycles. The zero-order chi connectivity index (χ0) is 15.0. The van der Waals surface area contributed by atoms with Crippen molar-refractivity contribution in [2.75, 3.05) is 5.32 Å². The van der Waals surface area contributed by atoms with Gasteiger partial charge in [0, 0.05) is 15.6 Å². The summed E-state index contributed by atoms with van der Waals surface area (Å²) in [5, 5.41) is 4.35. The lowest BCUT2D eigenvalue weighted by Gasteiger charge is -2.15. The highest BCUT2D eigenvalue weighted by molar-refractivity contribution is 7.19. The maximum absolute atomic E-state index is 13.7. The first-order chi connectivity index (χ1) is 10.1. The zero-order valence-electron chi connectivity index (χ0n) is 11.8. The van der Waals surface area contributed by atoms with E-state index in [1.165, 1.54) is 32.7 Å². The van der Waals surface area contributed by atoms with Gasteiger partial charge in [0.15, 0.2) is 0 Å². The molecule has 1 nitrogen and oxygen atoms in total. The molecule has 0 spiro atoms. The van der Waals surface area contributed by atoms with Crippen LogP contribution in [-0.2, 0) is 0 Å². The van der Waals surface area contributed by atoms with Gasteiger partial charge in [-0.3, -0.25) is 0 Å². The second-order valence-corrected chi connectivity index (χ2v) is 6.16. The van der Waals surface area contributed by atoms with E-state index in [0.29, 0.717) is 5.69 Å². The molecule has 0 bridgehead atoms. The van der Waals surface area contributed by atoms with Crippen LogP contribution >= 0.6 is 11.3 Å². The minimum absolute atomic E-state index is 0.0395. The Labute approximate surface area is 126 Å². The third-order valence-corrected chi connectivity index (χ3v) is 5.03. The summed E-state index contributed by atoms with van der Waals surface area (Å²) in [5.74, 6) is -1.13. The summed E-state index contributed by atoms with van der Waals surface area (Å²) in [6.07, 6.45) is 0. The second-order valence-electron chi connectivity index (χ2n) is 5.08.